The first-order valence-electron chi connectivity index (χ1n) is 31.4. The quantitative estimate of drug-likeness (QED) is 0.149. The van der Waals surface area contributed by atoms with Crippen LogP contribution in [-0.2, 0) is 32.5 Å². The lowest BCUT2D eigenvalue weighted by atomic mass is 9.33. The molecule has 5 nitrogen and oxygen atoms in total. The van der Waals surface area contributed by atoms with Crippen molar-refractivity contribution in [2.75, 3.05) is 9.80 Å². The molecule has 12 rings (SSSR count). The van der Waals surface area contributed by atoms with Crippen LogP contribution in [0.15, 0.2) is 194 Å². The zero-order valence-electron chi connectivity index (χ0n) is 54.8. The van der Waals surface area contributed by atoms with Crippen molar-refractivity contribution in [1.82, 2.24) is 15.0 Å². The molecule has 0 spiro atoms. The number of aromatic nitrogens is 3. The van der Waals surface area contributed by atoms with Crippen LogP contribution in [0.4, 0.5) is 34.1 Å². The summed E-state index contributed by atoms with van der Waals surface area (Å²) in [6.45, 7) is 41.5. The maximum atomic E-state index is 5.74. The number of hydrogen-bond acceptors (Lipinski definition) is 5. The molecule has 0 radical (unpaired) electrons. The van der Waals surface area contributed by atoms with E-state index in [4.69, 9.17) is 15.0 Å². The number of anilines is 6. The molecular formula is C81H86BN5. The molecule has 2 aliphatic heterocycles. The Bertz CT molecular complexity index is 3920. The van der Waals surface area contributed by atoms with E-state index in [1.165, 1.54) is 72.0 Å². The SMILES string of the molecule is CC(C)(C)c1cc(-c2nc(-c3cc(C(C)(C)C)cc(C(C)(C)C)c3)nc(-c3cc4c5c(c3)N(c3ccc(-c6ccccc6)cc3)c3ccc(C(C)(C)C)cc3B5c3cc(C(C)(C)C)ccc3N4c3ccc(-c4ccccc4)cc3)n2)cc(C(C)(C)C)c1. The fourth-order valence-corrected chi connectivity index (χ4v) is 12.5. The van der Waals surface area contributed by atoms with Crippen LogP contribution >= 0.6 is 0 Å². The highest BCUT2D eigenvalue weighted by molar-refractivity contribution is 7.00. The first-order chi connectivity index (χ1) is 40.9. The van der Waals surface area contributed by atoms with Gasteiger partial charge in [0, 0.05) is 50.8 Å². The van der Waals surface area contributed by atoms with Crippen LogP contribution in [0.25, 0.3) is 56.4 Å². The normalized spacial score (nSPS) is 13.6. The van der Waals surface area contributed by atoms with E-state index in [1.54, 1.807) is 0 Å². The van der Waals surface area contributed by atoms with E-state index in [-0.39, 0.29) is 39.2 Å². The predicted octanol–water partition coefficient (Wildman–Crippen LogP) is 20.1. The summed E-state index contributed by atoms with van der Waals surface area (Å²) >= 11 is 0. The van der Waals surface area contributed by atoms with E-state index in [9.17, 15) is 0 Å². The van der Waals surface area contributed by atoms with Gasteiger partial charge in [0.25, 0.3) is 6.71 Å². The Hall–Kier alpha value is -8.35. The van der Waals surface area contributed by atoms with Crippen molar-refractivity contribution >= 4 is 57.2 Å². The zero-order valence-corrected chi connectivity index (χ0v) is 54.8. The van der Waals surface area contributed by atoms with Crippen LogP contribution in [0.3, 0.4) is 0 Å². The Labute approximate surface area is 520 Å². The summed E-state index contributed by atoms with van der Waals surface area (Å²) in [5, 5.41) is 0. The van der Waals surface area contributed by atoms with Crippen LogP contribution in [0.5, 0.6) is 0 Å². The van der Waals surface area contributed by atoms with Gasteiger partial charge in [-0.1, -0.05) is 246 Å². The molecule has 0 fully saturated rings. The highest BCUT2D eigenvalue weighted by atomic mass is 15.2. The molecule has 438 valence electrons. The summed E-state index contributed by atoms with van der Waals surface area (Å²) < 4.78 is 0. The Morgan fingerprint density at radius 3 is 0.839 bits per heavy atom. The molecule has 0 atom stereocenters. The Balaban J connectivity index is 1.21. The van der Waals surface area contributed by atoms with Gasteiger partial charge in [-0.3, -0.25) is 0 Å². The minimum absolute atomic E-state index is 0.102. The molecule has 87 heavy (non-hydrogen) atoms. The van der Waals surface area contributed by atoms with Gasteiger partial charge >= 0.3 is 0 Å². The summed E-state index contributed by atoms with van der Waals surface area (Å²) in [5.74, 6) is 1.91. The van der Waals surface area contributed by atoms with Crippen LogP contribution in [0.2, 0.25) is 0 Å². The van der Waals surface area contributed by atoms with E-state index in [1.807, 2.05) is 0 Å². The van der Waals surface area contributed by atoms with Gasteiger partial charge in [-0.2, -0.15) is 0 Å². The number of rotatable bonds is 7. The summed E-state index contributed by atoms with van der Waals surface area (Å²) in [4.78, 5) is 22.1. The minimum atomic E-state index is -0.131. The first kappa shape index (κ1) is 59.0. The molecule has 10 aromatic rings. The van der Waals surface area contributed by atoms with Crippen molar-refractivity contribution in [1.29, 1.82) is 0 Å². The van der Waals surface area contributed by atoms with Gasteiger partial charge < -0.3 is 9.80 Å². The Morgan fingerprint density at radius 2 is 0.540 bits per heavy atom. The van der Waals surface area contributed by atoms with Crippen molar-refractivity contribution in [3.05, 3.63) is 228 Å². The van der Waals surface area contributed by atoms with E-state index >= 15 is 0 Å². The van der Waals surface area contributed by atoms with E-state index < -0.39 is 0 Å². The molecule has 0 saturated carbocycles. The van der Waals surface area contributed by atoms with Gasteiger partial charge in [-0.25, -0.2) is 15.0 Å². The second-order valence-corrected chi connectivity index (χ2v) is 30.8. The standard InChI is InChI=1S/C81H86BN5/c1-76(2,3)58-33-39-68-66(49-58)82-67-50-59(77(4,5)6)34-40-69(67)87(65-37-31-54(32-38-65)52-27-23-20-24-28-52)71-46-57(45-70(72(71)82)86(68)64-35-29-53(30-36-64)51-25-21-19-22-26-51)75-84-73(55-41-60(78(7,8)9)47-61(42-55)79(10,11)12)83-74(85-75)56-43-62(80(13,14)15)48-63(44-56)81(16,17)18/h19-50H,1-18H3. The molecule has 0 bridgehead atoms. The largest absolute Gasteiger partial charge is 0.311 e. The maximum absolute atomic E-state index is 5.74. The fourth-order valence-electron chi connectivity index (χ4n) is 12.5. The van der Waals surface area contributed by atoms with Crippen LogP contribution in [0.1, 0.15) is 158 Å². The molecular weight excluding hydrogens is 1050 g/mol. The summed E-state index contributed by atoms with van der Waals surface area (Å²) in [5.41, 5.74) is 24.9. The first-order valence-corrected chi connectivity index (χ1v) is 31.4. The number of fused-ring (bicyclic) bond motifs is 4. The van der Waals surface area contributed by atoms with E-state index in [2.05, 4.69) is 329 Å². The van der Waals surface area contributed by atoms with E-state index in [0.717, 1.165) is 50.8 Å². The smallest absolute Gasteiger partial charge is 0.252 e. The van der Waals surface area contributed by atoms with E-state index in [0.29, 0.717) is 17.5 Å². The molecule has 3 heterocycles. The molecule has 2 aliphatic rings. The van der Waals surface area contributed by atoms with Gasteiger partial charge in [0.2, 0.25) is 0 Å². The molecule has 6 heteroatoms. The summed E-state index contributed by atoms with van der Waals surface area (Å²) in [6, 6.07) is 73.1. The summed E-state index contributed by atoms with van der Waals surface area (Å²) in [7, 11) is 0. The Kier molecular flexibility index (Phi) is 14.4. The van der Waals surface area contributed by atoms with Crippen LogP contribution < -0.4 is 26.2 Å². The highest BCUT2D eigenvalue weighted by Gasteiger charge is 2.45. The number of nitrogens with zero attached hydrogens (tertiary/aromatic N) is 5. The van der Waals surface area contributed by atoms with Crippen molar-refractivity contribution < 1.29 is 0 Å². The van der Waals surface area contributed by atoms with Crippen LogP contribution in [-0.4, -0.2) is 21.7 Å². The second kappa shape index (κ2) is 21.2. The molecule has 0 saturated heterocycles. The predicted molar refractivity (Wildman–Crippen MR) is 373 cm³/mol. The third-order valence-electron chi connectivity index (χ3n) is 18.0. The molecule has 1 aromatic heterocycles. The van der Waals surface area contributed by atoms with Crippen molar-refractivity contribution in [2.24, 2.45) is 0 Å². The average Bonchev–Trinajstić information content (AvgIpc) is 0.712. The molecule has 9 aromatic carbocycles. The van der Waals surface area contributed by atoms with Gasteiger partial charge in [-0.05, 0) is 177 Å². The highest BCUT2D eigenvalue weighted by Crippen LogP contribution is 2.48. The molecule has 0 aliphatic carbocycles. The lowest BCUT2D eigenvalue weighted by molar-refractivity contribution is 0.568. The Morgan fingerprint density at radius 1 is 0.253 bits per heavy atom. The van der Waals surface area contributed by atoms with Gasteiger partial charge in [0.1, 0.15) is 0 Å². The minimum Gasteiger partial charge on any atom is -0.311 e. The average molecular weight is 1140 g/mol. The number of hydrogen-bond donors (Lipinski definition) is 0. The third kappa shape index (κ3) is 11.4. The van der Waals surface area contributed by atoms with Gasteiger partial charge in [-0.15, -0.1) is 0 Å². The van der Waals surface area contributed by atoms with Gasteiger partial charge in [0.05, 0.1) is 0 Å². The monoisotopic (exact) mass is 1140 g/mol. The molecule has 0 unspecified atom stereocenters. The number of benzene rings is 9. The van der Waals surface area contributed by atoms with Gasteiger partial charge in [0.15, 0.2) is 17.5 Å². The third-order valence-corrected chi connectivity index (χ3v) is 18.0. The topological polar surface area (TPSA) is 45.2 Å². The van der Waals surface area contributed by atoms with Crippen molar-refractivity contribution in [3.63, 3.8) is 0 Å². The lowest BCUT2D eigenvalue weighted by Gasteiger charge is -2.45. The fraction of sp³-hybridized carbons (Fsp3) is 0.296. The van der Waals surface area contributed by atoms with Crippen LogP contribution in [0, 0.1) is 0 Å². The van der Waals surface area contributed by atoms with Crippen molar-refractivity contribution in [2.45, 2.75) is 157 Å². The van der Waals surface area contributed by atoms with Crippen molar-refractivity contribution in [3.8, 4) is 56.4 Å². The zero-order chi connectivity index (χ0) is 61.9. The molecule has 0 N–H and O–H groups in total. The summed E-state index contributed by atoms with van der Waals surface area (Å²) in [6.07, 6.45) is 0. The molecule has 0 amide bonds. The maximum Gasteiger partial charge on any atom is 0.252 e. The second-order valence-electron chi connectivity index (χ2n) is 30.8. The lowest BCUT2D eigenvalue weighted by Crippen LogP contribution is -2.61.